The summed E-state index contributed by atoms with van der Waals surface area (Å²) in [5.74, 6) is -0.475. The van der Waals surface area contributed by atoms with Crippen molar-refractivity contribution in [3.8, 4) is 11.8 Å². The van der Waals surface area contributed by atoms with Crippen LogP contribution in [0.15, 0.2) is 24.3 Å². The van der Waals surface area contributed by atoms with Crippen molar-refractivity contribution >= 4 is 0 Å². The first-order valence-electron chi connectivity index (χ1n) is 3.28. The van der Waals surface area contributed by atoms with E-state index in [1.165, 1.54) is 18.2 Å². The van der Waals surface area contributed by atoms with Crippen LogP contribution in [0.2, 0.25) is 0 Å². The second kappa shape index (κ2) is 3.35. The standard InChI is InChI=1S/C8H4F3NO/c9-8(10,11)13-7-4-2-1-3-6(7)5-12/h1-4H. The van der Waals surface area contributed by atoms with E-state index >= 15 is 0 Å². The summed E-state index contributed by atoms with van der Waals surface area (Å²) in [7, 11) is 0. The third-order valence-corrected chi connectivity index (χ3v) is 1.23. The molecule has 0 fully saturated rings. The van der Waals surface area contributed by atoms with Gasteiger partial charge in [0.05, 0.1) is 5.56 Å². The Kier molecular flexibility index (Phi) is 2.42. The lowest BCUT2D eigenvalue weighted by molar-refractivity contribution is -0.274. The first-order chi connectivity index (χ1) is 6.03. The van der Waals surface area contributed by atoms with Gasteiger partial charge >= 0.3 is 6.36 Å². The maximum absolute atomic E-state index is 11.7. The fourth-order valence-electron chi connectivity index (χ4n) is 0.773. The molecule has 1 aromatic rings. The molecule has 0 N–H and O–H groups in total. The number of alkyl halides is 3. The van der Waals surface area contributed by atoms with E-state index in [-0.39, 0.29) is 5.56 Å². The van der Waals surface area contributed by atoms with E-state index in [1.807, 2.05) is 0 Å². The lowest BCUT2D eigenvalue weighted by atomic mass is 10.2. The van der Waals surface area contributed by atoms with Crippen LogP contribution < -0.4 is 4.74 Å². The highest BCUT2D eigenvalue weighted by atomic mass is 19.4. The first-order valence-corrected chi connectivity index (χ1v) is 3.28. The molecule has 0 saturated carbocycles. The second-order valence-electron chi connectivity index (χ2n) is 2.16. The van der Waals surface area contributed by atoms with Crippen LogP contribution in [0.3, 0.4) is 0 Å². The van der Waals surface area contributed by atoms with Crippen molar-refractivity contribution in [2.45, 2.75) is 6.36 Å². The van der Waals surface area contributed by atoms with Gasteiger partial charge in [0.15, 0.2) is 0 Å². The summed E-state index contributed by atoms with van der Waals surface area (Å²) < 4.78 is 38.8. The molecular formula is C8H4F3NO. The van der Waals surface area contributed by atoms with Crippen molar-refractivity contribution in [3.63, 3.8) is 0 Å². The van der Waals surface area contributed by atoms with Crippen molar-refractivity contribution in [1.29, 1.82) is 5.26 Å². The van der Waals surface area contributed by atoms with Crippen molar-refractivity contribution in [2.24, 2.45) is 0 Å². The molecule has 1 rings (SSSR count). The molecule has 5 heteroatoms. The maximum atomic E-state index is 11.7. The van der Waals surface area contributed by atoms with E-state index in [9.17, 15) is 13.2 Å². The summed E-state index contributed by atoms with van der Waals surface area (Å²) in [5, 5.41) is 8.42. The molecule has 0 atom stereocenters. The van der Waals surface area contributed by atoms with Gasteiger partial charge in [-0.15, -0.1) is 13.2 Å². The van der Waals surface area contributed by atoms with Gasteiger partial charge < -0.3 is 4.74 Å². The van der Waals surface area contributed by atoms with Gasteiger partial charge in [-0.1, -0.05) is 12.1 Å². The van der Waals surface area contributed by atoms with Gasteiger partial charge in [0, 0.05) is 0 Å². The summed E-state index contributed by atoms with van der Waals surface area (Å²) in [6, 6.07) is 6.76. The number of para-hydroxylation sites is 1. The number of rotatable bonds is 1. The molecular weight excluding hydrogens is 183 g/mol. The zero-order chi connectivity index (χ0) is 9.90. The number of benzene rings is 1. The van der Waals surface area contributed by atoms with Crippen molar-refractivity contribution < 1.29 is 17.9 Å². The van der Waals surface area contributed by atoms with E-state index in [0.29, 0.717) is 0 Å². The minimum Gasteiger partial charge on any atom is -0.404 e. The van der Waals surface area contributed by atoms with Crippen molar-refractivity contribution in [1.82, 2.24) is 0 Å². The zero-order valence-corrected chi connectivity index (χ0v) is 6.30. The molecule has 0 aliphatic carbocycles. The molecule has 0 amide bonds. The highest BCUT2D eigenvalue weighted by Gasteiger charge is 2.31. The molecule has 2 nitrogen and oxygen atoms in total. The molecule has 68 valence electrons. The molecule has 0 heterocycles. The Labute approximate surface area is 72.2 Å². The number of nitrogens with zero attached hydrogens (tertiary/aromatic N) is 1. The van der Waals surface area contributed by atoms with Gasteiger partial charge in [0.25, 0.3) is 0 Å². The van der Waals surface area contributed by atoms with Gasteiger partial charge in [-0.2, -0.15) is 5.26 Å². The van der Waals surface area contributed by atoms with Crippen LogP contribution in [-0.4, -0.2) is 6.36 Å². The molecule has 0 saturated heterocycles. The van der Waals surface area contributed by atoms with Crippen LogP contribution in [0, 0.1) is 11.3 Å². The van der Waals surface area contributed by atoms with Gasteiger partial charge in [-0.3, -0.25) is 0 Å². The van der Waals surface area contributed by atoms with Gasteiger partial charge in [0.2, 0.25) is 0 Å². The van der Waals surface area contributed by atoms with Gasteiger partial charge in [-0.05, 0) is 12.1 Å². The largest absolute Gasteiger partial charge is 0.573 e. The summed E-state index contributed by atoms with van der Waals surface area (Å²) in [4.78, 5) is 0. The van der Waals surface area contributed by atoms with E-state index < -0.39 is 12.1 Å². The quantitative estimate of drug-likeness (QED) is 0.676. The molecule has 0 bridgehead atoms. The Morgan fingerprint density at radius 1 is 1.23 bits per heavy atom. The second-order valence-corrected chi connectivity index (χ2v) is 2.16. The van der Waals surface area contributed by atoms with E-state index in [0.717, 1.165) is 6.07 Å². The molecule has 0 aromatic heterocycles. The van der Waals surface area contributed by atoms with E-state index in [4.69, 9.17) is 5.26 Å². The minimum absolute atomic E-state index is 0.139. The summed E-state index contributed by atoms with van der Waals surface area (Å²) in [5.41, 5.74) is -0.139. The summed E-state index contributed by atoms with van der Waals surface area (Å²) in [6.45, 7) is 0. The molecule has 0 radical (unpaired) electrons. The van der Waals surface area contributed by atoms with Crippen LogP contribution in [0.4, 0.5) is 13.2 Å². The van der Waals surface area contributed by atoms with Crippen LogP contribution in [0.1, 0.15) is 5.56 Å². The fourth-order valence-corrected chi connectivity index (χ4v) is 0.773. The molecule has 13 heavy (non-hydrogen) atoms. The summed E-state index contributed by atoms with van der Waals surface area (Å²) >= 11 is 0. The first kappa shape index (κ1) is 9.39. The molecule has 0 aliphatic rings. The highest BCUT2D eigenvalue weighted by molar-refractivity contribution is 5.42. The van der Waals surface area contributed by atoms with Crippen molar-refractivity contribution in [3.05, 3.63) is 29.8 Å². The minimum atomic E-state index is -4.76. The zero-order valence-electron chi connectivity index (χ0n) is 6.30. The highest BCUT2D eigenvalue weighted by Crippen LogP contribution is 2.25. The topological polar surface area (TPSA) is 33.0 Å². The Morgan fingerprint density at radius 3 is 2.38 bits per heavy atom. The fraction of sp³-hybridized carbons (Fsp3) is 0.125. The third-order valence-electron chi connectivity index (χ3n) is 1.23. The Hall–Kier alpha value is -1.70. The van der Waals surface area contributed by atoms with Crippen LogP contribution >= 0.6 is 0 Å². The molecule has 0 unspecified atom stereocenters. The Morgan fingerprint density at radius 2 is 1.85 bits per heavy atom. The molecule has 0 aliphatic heterocycles. The van der Waals surface area contributed by atoms with Crippen LogP contribution in [-0.2, 0) is 0 Å². The maximum Gasteiger partial charge on any atom is 0.573 e. The van der Waals surface area contributed by atoms with Gasteiger partial charge in [0.1, 0.15) is 11.8 Å². The van der Waals surface area contributed by atoms with Gasteiger partial charge in [-0.25, -0.2) is 0 Å². The predicted molar refractivity (Wildman–Crippen MR) is 37.8 cm³/mol. The Balaban J connectivity index is 2.96. The average Bonchev–Trinajstić information content (AvgIpc) is 2.02. The average molecular weight is 187 g/mol. The number of nitriles is 1. The summed E-state index contributed by atoms with van der Waals surface area (Å²) in [6.07, 6.45) is -4.76. The molecule has 1 aromatic carbocycles. The normalized spacial score (nSPS) is 10.6. The Bertz CT molecular complexity index is 340. The number of halogens is 3. The number of ether oxygens (including phenoxy) is 1. The number of hydrogen-bond donors (Lipinski definition) is 0. The molecule has 0 spiro atoms. The van der Waals surface area contributed by atoms with Crippen molar-refractivity contribution in [2.75, 3.05) is 0 Å². The number of hydrogen-bond acceptors (Lipinski definition) is 2. The third kappa shape index (κ3) is 2.67. The van der Waals surface area contributed by atoms with E-state index in [1.54, 1.807) is 6.07 Å². The smallest absolute Gasteiger partial charge is 0.404 e. The lowest BCUT2D eigenvalue weighted by Crippen LogP contribution is -2.17. The van der Waals surface area contributed by atoms with Crippen LogP contribution in [0.25, 0.3) is 0 Å². The lowest BCUT2D eigenvalue weighted by Gasteiger charge is -2.09. The monoisotopic (exact) mass is 187 g/mol. The predicted octanol–water partition coefficient (Wildman–Crippen LogP) is 2.46. The van der Waals surface area contributed by atoms with Crippen LogP contribution in [0.5, 0.6) is 5.75 Å². The SMILES string of the molecule is N#Cc1ccccc1OC(F)(F)F. The van der Waals surface area contributed by atoms with E-state index in [2.05, 4.69) is 4.74 Å².